The van der Waals surface area contributed by atoms with E-state index in [1.54, 1.807) is 10.1 Å². The van der Waals surface area contributed by atoms with Gasteiger partial charge in [-0.15, -0.1) is 10.1 Å². The van der Waals surface area contributed by atoms with E-state index in [0.29, 0.717) is 25.7 Å². The lowest BCUT2D eigenvalue weighted by atomic mass is 9.80. The van der Waals surface area contributed by atoms with Crippen LogP contribution in [0.4, 0.5) is 0 Å². The van der Waals surface area contributed by atoms with Crippen molar-refractivity contribution in [2.24, 2.45) is 0 Å². The van der Waals surface area contributed by atoms with E-state index in [0.717, 1.165) is 0 Å². The molecule has 0 atom stereocenters. The van der Waals surface area contributed by atoms with Gasteiger partial charge in [-0.05, 0) is 68.2 Å². The summed E-state index contributed by atoms with van der Waals surface area (Å²) >= 11 is 0. The van der Waals surface area contributed by atoms with Gasteiger partial charge in [0.15, 0.2) is 0 Å². The highest BCUT2D eigenvalue weighted by Gasteiger charge is 2.49. The molecule has 0 amide bonds. The Hall–Kier alpha value is -1.71. The second kappa shape index (κ2) is 10.3. The molecular weight excluding hydrogens is 428 g/mol. The molecule has 2 heterocycles. The molecule has 0 spiro atoms. The van der Waals surface area contributed by atoms with Crippen LogP contribution in [0.15, 0.2) is 0 Å². The molecule has 0 saturated carbocycles. The Bertz CT molecular complexity index is 694. The standard InChI is InChI=1S/C13H23NO4.C11H21NO3/c1-9(15)17-11-7-12(3,4)14(18-10(2)16)13(5,6)8-11;1-8(13)15-12-10(2,3)6-9(14)7-11(12,4)5/h11H,7-8H2,1-6H3;9,14H,6-7H2,1-5H3. The van der Waals surface area contributed by atoms with E-state index in [4.69, 9.17) is 14.4 Å². The van der Waals surface area contributed by atoms with Gasteiger partial charge in [0.05, 0.1) is 28.3 Å². The SMILES string of the molecule is CC(=O)OC1CC(C)(C)N(OC(C)=O)C(C)(C)C1.CC(=O)ON1C(C)(C)CC(O)CC1(C)C. The Morgan fingerprint density at radius 2 is 0.939 bits per heavy atom. The van der Waals surface area contributed by atoms with E-state index in [2.05, 4.69) is 0 Å². The molecule has 9 nitrogen and oxygen atoms in total. The first kappa shape index (κ1) is 29.3. The normalized spacial score (nSPS) is 24.7. The number of esters is 1. The monoisotopic (exact) mass is 472 g/mol. The van der Waals surface area contributed by atoms with Crippen LogP contribution in [0.2, 0.25) is 0 Å². The minimum absolute atomic E-state index is 0.140. The summed E-state index contributed by atoms with van der Waals surface area (Å²) in [5, 5.41) is 13.2. The van der Waals surface area contributed by atoms with E-state index in [1.807, 2.05) is 55.4 Å². The van der Waals surface area contributed by atoms with Crippen molar-refractivity contribution in [2.45, 2.75) is 136 Å². The maximum Gasteiger partial charge on any atom is 0.322 e. The molecule has 0 aromatic carbocycles. The topological polar surface area (TPSA) is 106 Å². The molecule has 2 aliphatic heterocycles. The summed E-state index contributed by atoms with van der Waals surface area (Å²) in [6, 6.07) is 0. The summed E-state index contributed by atoms with van der Waals surface area (Å²) in [7, 11) is 0. The van der Waals surface area contributed by atoms with Gasteiger partial charge in [0.1, 0.15) is 6.10 Å². The number of hydroxylamine groups is 4. The maximum absolute atomic E-state index is 11.2. The number of carbonyl (C=O) groups excluding carboxylic acids is 3. The van der Waals surface area contributed by atoms with Crippen molar-refractivity contribution in [2.75, 3.05) is 0 Å². The van der Waals surface area contributed by atoms with Crippen LogP contribution in [0.1, 0.15) is 102 Å². The van der Waals surface area contributed by atoms with Crippen molar-refractivity contribution >= 4 is 17.9 Å². The third-order valence-corrected chi connectivity index (χ3v) is 5.90. The summed E-state index contributed by atoms with van der Waals surface area (Å²) in [4.78, 5) is 43.9. The van der Waals surface area contributed by atoms with Crippen LogP contribution >= 0.6 is 0 Å². The van der Waals surface area contributed by atoms with E-state index >= 15 is 0 Å². The van der Waals surface area contributed by atoms with E-state index in [9.17, 15) is 19.5 Å². The molecule has 2 saturated heterocycles. The van der Waals surface area contributed by atoms with Crippen molar-refractivity contribution in [1.29, 1.82) is 0 Å². The molecular formula is C24H44N2O7. The van der Waals surface area contributed by atoms with Crippen LogP contribution < -0.4 is 0 Å². The van der Waals surface area contributed by atoms with Gasteiger partial charge in [0, 0.05) is 33.6 Å². The highest BCUT2D eigenvalue weighted by molar-refractivity contribution is 5.66. The minimum atomic E-state index is -0.368. The summed E-state index contributed by atoms with van der Waals surface area (Å²) < 4.78 is 5.31. The van der Waals surface area contributed by atoms with Crippen LogP contribution in [0, 0.1) is 0 Å². The molecule has 2 rings (SSSR count). The lowest BCUT2D eigenvalue weighted by Crippen LogP contribution is -2.62. The second-order valence-corrected chi connectivity index (χ2v) is 11.7. The van der Waals surface area contributed by atoms with E-state index in [1.165, 1.54) is 20.8 Å². The summed E-state index contributed by atoms with van der Waals surface area (Å²) in [6.07, 6.45) is 2.04. The third kappa shape index (κ3) is 8.22. The average Bonchev–Trinajstić information content (AvgIpc) is 2.52. The molecule has 0 aromatic rings. The lowest BCUT2D eigenvalue weighted by Gasteiger charge is -2.52. The van der Waals surface area contributed by atoms with Crippen molar-refractivity contribution in [1.82, 2.24) is 10.1 Å². The van der Waals surface area contributed by atoms with Crippen LogP contribution in [0.5, 0.6) is 0 Å². The van der Waals surface area contributed by atoms with Gasteiger partial charge in [-0.1, -0.05) is 0 Å². The molecule has 0 bridgehead atoms. The van der Waals surface area contributed by atoms with Gasteiger partial charge < -0.3 is 19.5 Å². The molecule has 9 heteroatoms. The third-order valence-electron chi connectivity index (χ3n) is 5.90. The number of nitrogens with zero attached hydrogens (tertiary/aromatic N) is 2. The maximum atomic E-state index is 11.2. The summed E-state index contributed by atoms with van der Waals surface area (Å²) in [5.74, 6) is -0.915. The highest BCUT2D eigenvalue weighted by atomic mass is 16.7. The number of carbonyl (C=O) groups is 3. The van der Waals surface area contributed by atoms with E-state index in [-0.39, 0.29) is 52.3 Å². The number of aliphatic hydroxyl groups excluding tert-OH is 1. The van der Waals surface area contributed by atoms with Gasteiger partial charge in [0.25, 0.3) is 0 Å². The van der Waals surface area contributed by atoms with Gasteiger partial charge in [0.2, 0.25) is 0 Å². The minimum Gasteiger partial charge on any atom is -0.462 e. The van der Waals surface area contributed by atoms with Gasteiger partial charge in [-0.25, -0.2) is 0 Å². The van der Waals surface area contributed by atoms with Crippen LogP contribution in [0.3, 0.4) is 0 Å². The molecule has 1 N–H and O–H groups in total. The molecule has 0 aromatic heterocycles. The van der Waals surface area contributed by atoms with Crippen LogP contribution in [-0.2, 0) is 28.8 Å². The number of aliphatic hydroxyl groups is 1. The van der Waals surface area contributed by atoms with Gasteiger partial charge >= 0.3 is 17.9 Å². The van der Waals surface area contributed by atoms with Crippen LogP contribution in [-0.4, -0.2) is 67.5 Å². The van der Waals surface area contributed by atoms with Crippen molar-refractivity contribution in [3.05, 3.63) is 0 Å². The van der Waals surface area contributed by atoms with E-state index < -0.39 is 0 Å². The number of piperidine rings is 2. The van der Waals surface area contributed by atoms with Crippen molar-refractivity contribution < 1.29 is 33.9 Å². The first-order valence-electron chi connectivity index (χ1n) is 11.5. The first-order chi connectivity index (χ1) is 14.7. The number of rotatable bonds is 3. The Kier molecular flexibility index (Phi) is 9.13. The van der Waals surface area contributed by atoms with Crippen molar-refractivity contribution in [3.63, 3.8) is 0 Å². The highest BCUT2D eigenvalue weighted by Crippen LogP contribution is 2.40. The number of hydrogen-bond acceptors (Lipinski definition) is 9. The largest absolute Gasteiger partial charge is 0.462 e. The Labute approximate surface area is 198 Å². The second-order valence-electron chi connectivity index (χ2n) is 11.7. The Balaban J connectivity index is 0.000000335. The Morgan fingerprint density at radius 3 is 1.21 bits per heavy atom. The molecule has 192 valence electrons. The van der Waals surface area contributed by atoms with Gasteiger partial charge in [-0.3, -0.25) is 14.4 Å². The molecule has 0 radical (unpaired) electrons. The predicted octanol–water partition coefficient (Wildman–Crippen LogP) is 3.53. The van der Waals surface area contributed by atoms with Crippen molar-refractivity contribution in [3.8, 4) is 0 Å². The zero-order chi connectivity index (χ0) is 26.0. The molecule has 2 aliphatic rings. The smallest absolute Gasteiger partial charge is 0.322 e. The fourth-order valence-electron chi connectivity index (χ4n) is 5.45. The molecule has 33 heavy (non-hydrogen) atoms. The predicted molar refractivity (Wildman–Crippen MR) is 124 cm³/mol. The molecule has 0 aliphatic carbocycles. The van der Waals surface area contributed by atoms with Gasteiger partial charge in [-0.2, -0.15) is 0 Å². The zero-order valence-corrected chi connectivity index (χ0v) is 22.3. The van der Waals surface area contributed by atoms with Crippen LogP contribution in [0.25, 0.3) is 0 Å². The molecule has 2 fully saturated rings. The summed E-state index contributed by atoms with van der Waals surface area (Å²) in [5.41, 5.74) is -1.39. The number of hydrogen-bond donors (Lipinski definition) is 1. The average molecular weight is 473 g/mol. The fourth-order valence-corrected chi connectivity index (χ4v) is 5.45. The lowest BCUT2D eigenvalue weighted by molar-refractivity contribution is -0.275. The first-order valence-corrected chi connectivity index (χ1v) is 11.5. The zero-order valence-electron chi connectivity index (χ0n) is 22.3. The summed E-state index contributed by atoms with van der Waals surface area (Å²) in [6.45, 7) is 20.0. The Morgan fingerprint density at radius 1 is 0.636 bits per heavy atom. The molecule has 0 unspecified atom stereocenters. The number of ether oxygens (including phenoxy) is 1. The fraction of sp³-hybridized carbons (Fsp3) is 0.875. The quantitative estimate of drug-likeness (QED) is 0.617.